The number of halogens is 1. The molecular formula is C19H23FN4O. The summed E-state index contributed by atoms with van der Waals surface area (Å²) in [5.41, 5.74) is 8.04. The zero-order valence-electron chi connectivity index (χ0n) is 14.7. The highest BCUT2D eigenvalue weighted by molar-refractivity contribution is 5.93. The number of rotatable bonds is 4. The van der Waals surface area contributed by atoms with E-state index in [4.69, 9.17) is 5.73 Å². The van der Waals surface area contributed by atoms with Crippen molar-refractivity contribution in [1.82, 2.24) is 4.98 Å². The number of hydrogen-bond acceptors (Lipinski definition) is 4. The number of nitrogens with one attached hydrogen (secondary N) is 1. The lowest BCUT2D eigenvalue weighted by Crippen LogP contribution is -2.46. The number of nitrogens with zero attached hydrogens (tertiary/aromatic N) is 2. The minimum atomic E-state index is -0.448. The predicted octanol–water partition coefficient (Wildman–Crippen LogP) is 3.34. The lowest BCUT2D eigenvalue weighted by atomic mass is 9.82. The number of amides is 1. The van der Waals surface area contributed by atoms with Crippen LogP contribution in [-0.2, 0) is 0 Å². The van der Waals surface area contributed by atoms with Crippen LogP contribution in [0.2, 0.25) is 0 Å². The molecule has 2 aromatic rings. The van der Waals surface area contributed by atoms with Gasteiger partial charge in [0.15, 0.2) is 0 Å². The summed E-state index contributed by atoms with van der Waals surface area (Å²) in [6.07, 6.45) is 1.19. The van der Waals surface area contributed by atoms with Gasteiger partial charge in [-0.25, -0.2) is 9.37 Å². The summed E-state index contributed by atoms with van der Waals surface area (Å²) in [6, 6.07) is 8.82. The Morgan fingerprint density at radius 3 is 2.68 bits per heavy atom. The van der Waals surface area contributed by atoms with E-state index in [1.54, 1.807) is 12.1 Å². The number of aromatic nitrogens is 1. The van der Waals surface area contributed by atoms with Crippen molar-refractivity contribution in [3.8, 4) is 0 Å². The van der Waals surface area contributed by atoms with Crippen LogP contribution in [0, 0.1) is 11.7 Å². The van der Waals surface area contributed by atoms with E-state index in [-0.39, 0.29) is 17.8 Å². The van der Waals surface area contributed by atoms with E-state index < -0.39 is 5.91 Å². The number of hydrogen-bond donors (Lipinski definition) is 2. The summed E-state index contributed by atoms with van der Waals surface area (Å²) >= 11 is 0. The molecule has 1 aromatic carbocycles. The standard InChI is InChI=1S/C19H23FN4O/c1-4-24-12(3)11(2)18(23-17-8-6-14(20)10-22-17)15-9-13(19(21)25)5-7-16(15)24/h5-12,18H,4H2,1-3H3,(H2,21,25)(H,22,23). The predicted molar refractivity (Wildman–Crippen MR) is 97.2 cm³/mol. The largest absolute Gasteiger partial charge is 0.368 e. The Morgan fingerprint density at radius 1 is 1.32 bits per heavy atom. The number of nitrogens with two attached hydrogens (primary N) is 1. The van der Waals surface area contributed by atoms with Gasteiger partial charge < -0.3 is 16.0 Å². The highest BCUT2D eigenvalue weighted by Crippen LogP contribution is 2.42. The molecule has 0 saturated carbocycles. The van der Waals surface area contributed by atoms with Gasteiger partial charge in [0.05, 0.1) is 12.2 Å². The fraction of sp³-hybridized carbons (Fsp3) is 0.368. The molecule has 0 spiro atoms. The maximum absolute atomic E-state index is 13.1. The Hall–Kier alpha value is -2.63. The molecule has 3 unspecified atom stereocenters. The molecule has 0 aliphatic carbocycles. The van der Waals surface area contributed by atoms with Crippen LogP contribution >= 0.6 is 0 Å². The van der Waals surface area contributed by atoms with E-state index in [9.17, 15) is 9.18 Å². The highest BCUT2D eigenvalue weighted by Gasteiger charge is 2.36. The van der Waals surface area contributed by atoms with Gasteiger partial charge in [-0.1, -0.05) is 6.92 Å². The second-order valence-corrected chi connectivity index (χ2v) is 6.51. The molecule has 5 nitrogen and oxygen atoms in total. The quantitative estimate of drug-likeness (QED) is 0.894. The van der Waals surface area contributed by atoms with Crippen molar-refractivity contribution in [3.63, 3.8) is 0 Å². The van der Waals surface area contributed by atoms with E-state index in [1.807, 2.05) is 12.1 Å². The molecule has 3 N–H and O–H groups in total. The van der Waals surface area contributed by atoms with Gasteiger partial charge in [-0.3, -0.25) is 4.79 Å². The maximum atomic E-state index is 13.1. The molecule has 1 aromatic heterocycles. The van der Waals surface area contributed by atoms with Crippen LogP contribution in [0.3, 0.4) is 0 Å². The first-order valence-electron chi connectivity index (χ1n) is 8.50. The summed E-state index contributed by atoms with van der Waals surface area (Å²) in [6.45, 7) is 7.33. The molecule has 132 valence electrons. The van der Waals surface area contributed by atoms with Gasteiger partial charge in [0.1, 0.15) is 11.6 Å². The number of carbonyl (C=O) groups excluding carboxylic acids is 1. The highest BCUT2D eigenvalue weighted by atomic mass is 19.1. The van der Waals surface area contributed by atoms with Crippen molar-refractivity contribution in [3.05, 3.63) is 53.5 Å². The molecular weight excluding hydrogens is 319 g/mol. The minimum Gasteiger partial charge on any atom is -0.368 e. The fourth-order valence-corrected chi connectivity index (χ4v) is 3.57. The fourth-order valence-electron chi connectivity index (χ4n) is 3.57. The average molecular weight is 342 g/mol. The van der Waals surface area contributed by atoms with Crippen molar-refractivity contribution in [2.45, 2.75) is 32.9 Å². The summed E-state index contributed by atoms with van der Waals surface area (Å²) in [7, 11) is 0. The van der Waals surface area contributed by atoms with Gasteiger partial charge in [0, 0.05) is 29.8 Å². The zero-order valence-corrected chi connectivity index (χ0v) is 14.7. The van der Waals surface area contributed by atoms with Gasteiger partial charge in [-0.2, -0.15) is 0 Å². The van der Waals surface area contributed by atoms with Crippen molar-refractivity contribution < 1.29 is 9.18 Å². The third kappa shape index (κ3) is 3.16. The first-order valence-corrected chi connectivity index (χ1v) is 8.50. The van der Waals surface area contributed by atoms with Gasteiger partial charge in [-0.05, 0) is 49.7 Å². The summed E-state index contributed by atoms with van der Waals surface area (Å²) in [4.78, 5) is 18.1. The van der Waals surface area contributed by atoms with Gasteiger partial charge in [0.25, 0.3) is 0 Å². The second-order valence-electron chi connectivity index (χ2n) is 6.51. The number of fused-ring (bicyclic) bond motifs is 1. The monoisotopic (exact) mass is 342 g/mol. The lowest BCUT2D eigenvalue weighted by Gasteiger charge is -2.45. The number of pyridine rings is 1. The van der Waals surface area contributed by atoms with Crippen LogP contribution in [0.15, 0.2) is 36.5 Å². The molecule has 0 saturated heterocycles. The number of anilines is 2. The molecule has 0 radical (unpaired) electrons. The Bertz CT molecular complexity index is 777. The minimum absolute atomic E-state index is 0.0509. The van der Waals surface area contributed by atoms with Crippen molar-refractivity contribution in [2.75, 3.05) is 16.8 Å². The normalized spacial score (nSPS) is 22.4. The summed E-state index contributed by atoms with van der Waals surface area (Å²) < 4.78 is 13.1. The Morgan fingerprint density at radius 2 is 2.08 bits per heavy atom. The third-order valence-corrected chi connectivity index (χ3v) is 5.11. The molecule has 0 bridgehead atoms. The molecule has 1 amide bonds. The maximum Gasteiger partial charge on any atom is 0.248 e. The SMILES string of the molecule is CCN1c2ccc(C(N)=O)cc2C(Nc2ccc(F)cn2)C(C)C1C. The Balaban J connectivity index is 2.06. The van der Waals surface area contributed by atoms with Crippen LogP contribution in [0.25, 0.3) is 0 Å². The van der Waals surface area contributed by atoms with Crippen LogP contribution in [-0.4, -0.2) is 23.5 Å². The first kappa shape index (κ1) is 17.2. The Labute approximate surface area is 147 Å². The van der Waals surface area contributed by atoms with Crippen molar-refractivity contribution in [2.24, 2.45) is 11.7 Å². The van der Waals surface area contributed by atoms with Crippen molar-refractivity contribution >= 4 is 17.4 Å². The molecule has 3 rings (SSSR count). The van der Waals surface area contributed by atoms with Gasteiger partial charge in [-0.15, -0.1) is 0 Å². The molecule has 6 heteroatoms. The van der Waals surface area contributed by atoms with Crippen molar-refractivity contribution in [1.29, 1.82) is 0 Å². The molecule has 0 fully saturated rings. The van der Waals surface area contributed by atoms with Crippen LogP contribution in [0.5, 0.6) is 0 Å². The van der Waals surface area contributed by atoms with E-state index >= 15 is 0 Å². The summed E-state index contributed by atoms with van der Waals surface area (Å²) in [5, 5.41) is 3.40. The molecule has 2 heterocycles. The molecule has 1 aliphatic heterocycles. The zero-order chi connectivity index (χ0) is 18.1. The number of benzene rings is 1. The van der Waals surface area contributed by atoms with Gasteiger partial charge in [0.2, 0.25) is 5.91 Å². The molecule has 3 atom stereocenters. The second kappa shape index (κ2) is 6.70. The summed E-state index contributed by atoms with van der Waals surface area (Å²) in [5.74, 6) is 0.0354. The van der Waals surface area contributed by atoms with E-state index in [2.05, 4.69) is 36.0 Å². The number of primary amides is 1. The molecule has 25 heavy (non-hydrogen) atoms. The topological polar surface area (TPSA) is 71.2 Å². The smallest absolute Gasteiger partial charge is 0.248 e. The van der Waals surface area contributed by atoms with E-state index in [1.165, 1.54) is 12.3 Å². The Kier molecular flexibility index (Phi) is 4.61. The van der Waals surface area contributed by atoms with Crippen LogP contribution < -0.4 is 16.0 Å². The van der Waals surface area contributed by atoms with Gasteiger partial charge >= 0.3 is 0 Å². The van der Waals surface area contributed by atoms with E-state index in [0.29, 0.717) is 17.4 Å². The van der Waals surface area contributed by atoms with E-state index in [0.717, 1.165) is 17.8 Å². The number of carbonyl (C=O) groups is 1. The average Bonchev–Trinajstić information content (AvgIpc) is 2.60. The van der Waals surface area contributed by atoms with Crippen LogP contribution in [0.1, 0.15) is 42.7 Å². The lowest BCUT2D eigenvalue weighted by molar-refractivity contribution is 0.1000. The van der Waals surface area contributed by atoms with Crippen LogP contribution in [0.4, 0.5) is 15.9 Å². The molecule has 1 aliphatic rings. The third-order valence-electron chi connectivity index (χ3n) is 5.11. The first-order chi connectivity index (χ1) is 11.9.